The highest BCUT2D eigenvalue weighted by molar-refractivity contribution is 7.99. The molecule has 0 spiro atoms. The van der Waals surface area contributed by atoms with E-state index in [1.54, 1.807) is 54.6 Å². The first-order valence-electron chi connectivity index (χ1n) is 11.5. The number of hydrogen-bond acceptors (Lipinski definition) is 7. The highest BCUT2D eigenvalue weighted by Gasteiger charge is 2.27. The number of thioether (sulfide) groups is 1. The number of benzene rings is 2. The van der Waals surface area contributed by atoms with Crippen molar-refractivity contribution < 1.29 is 19.1 Å². The molecule has 1 aromatic heterocycles. The van der Waals surface area contributed by atoms with E-state index in [1.807, 2.05) is 18.4 Å². The lowest BCUT2D eigenvalue weighted by Gasteiger charge is -2.23. The molecule has 2 amide bonds. The average Bonchev–Trinajstić information content (AvgIpc) is 3.28. The van der Waals surface area contributed by atoms with Crippen LogP contribution >= 0.6 is 23.4 Å². The minimum Gasteiger partial charge on any atom is -0.465 e. The van der Waals surface area contributed by atoms with Crippen LogP contribution in [0.1, 0.15) is 46.4 Å². The summed E-state index contributed by atoms with van der Waals surface area (Å²) in [6.45, 7) is 8.15. The predicted molar refractivity (Wildman–Crippen MR) is 144 cm³/mol. The maximum atomic E-state index is 12.9. The summed E-state index contributed by atoms with van der Waals surface area (Å²) in [4.78, 5) is 37.0. The van der Waals surface area contributed by atoms with Crippen LogP contribution in [0.4, 0.5) is 5.69 Å². The smallest absolute Gasteiger partial charge is 0.337 e. The van der Waals surface area contributed by atoms with E-state index in [0.717, 1.165) is 0 Å². The van der Waals surface area contributed by atoms with Crippen LogP contribution < -0.4 is 10.6 Å². The van der Waals surface area contributed by atoms with Gasteiger partial charge in [-0.1, -0.05) is 55.4 Å². The zero-order chi connectivity index (χ0) is 26.9. The molecule has 0 radical (unpaired) electrons. The largest absolute Gasteiger partial charge is 0.465 e. The fourth-order valence-electron chi connectivity index (χ4n) is 3.47. The SMILES string of the molecule is C=CCn1c(SCC(=O)Nc2ccc(C(=O)OC)cc2)nnc1C(NC(=O)c1ccccc1Cl)C(C)C. The Balaban J connectivity index is 1.72. The molecule has 1 heterocycles. The summed E-state index contributed by atoms with van der Waals surface area (Å²) in [5, 5.41) is 15.3. The molecule has 9 nitrogen and oxygen atoms in total. The maximum absolute atomic E-state index is 12.9. The van der Waals surface area contributed by atoms with Crippen molar-refractivity contribution in [2.24, 2.45) is 5.92 Å². The van der Waals surface area contributed by atoms with E-state index in [-0.39, 0.29) is 23.5 Å². The Morgan fingerprint density at radius 3 is 2.46 bits per heavy atom. The second-order valence-corrected chi connectivity index (χ2v) is 9.67. The van der Waals surface area contributed by atoms with Gasteiger partial charge in [0.25, 0.3) is 5.91 Å². The first-order valence-corrected chi connectivity index (χ1v) is 12.8. The number of halogens is 1. The summed E-state index contributed by atoms with van der Waals surface area (Å²) < 4.78 is 6.50. The molecule has 3 aromatic rings. The molecule has 2 aromatic carbocycles. The number of anilines is 1. The Hall–Kier alpha value is -3.63. The van der Waals surface area contributed by atoms with Crippen molar-refractivity contribution in [3.63, 3.8) is 0 Å². The average molecular weight is 542 g/mol. The number of allylic oxidation sites excluding steroid dienone is 1. The van der Waals surface area contributed by atoms with Crippen molar-refractivity contribution in [1.82, 2.24) is 20.1 Å². The molecular formula is C26H28ClN5O4S. The monoisotopic (exact) mass is 541 g/mol. The number of esters is 1. The van der Waals surface area contributed by atoms with Crippen LogP contribution in [-0.2, 0) is 16.1 Å². The van der Waals surface area contributed by atoms with E-state index in [1.165, 1.54) is 18.9 Å². The van der Waals surface area contributed by atoms with Crippen molar-refractivity contribution in [2.45, 2.75) is 31.6 Å². The molecule has 0 saturated carbocycles. The summed E-state index contributed by atoms with van der Waals surface area (Å²) in [5.74, 6) is -0.396. The van der Waals surface area contributed by atoms with Gasteiger partial charge in [-0.2, -0.15) is 0 Å². The molecule has 0 fully saturated rings. The lowest BCUT2D eigenvalue weighted by Crippen LogP contribution is -2.34. The van der Waals surface area contributed by atoms with Crippen LogP contribution in [0.15, 0.2) is 66.3 Å². The zero-order valence-corrected chi connectivity index (χ0v) is 22.3. The number of rotatable bonds is 11. The van der Waals surface area contributed by atoms with Crippen LogP contribution in [0, 0.1) is 5.92 Å². The first-order chi connectivity index (χ1) is 17.7. The first kappa shape index (κ1) is 27.9. The Bertz CT molecular complexity index is 1280. The Morgan fingerprint density at radius 2 is 1.84 bits per heavy atom. The van der Waals surface area contributed by atoms with Crippen LogP contribution in [0.2, 0.25) is 5.02 Å². The van der Waals surface area contributed by atoms with Gasteiger partial charge in [-0.25, -0.2) is 4.79 Å². The number of carbonyl (C=O) groups is 3. The van der Waals surface area contributed by atoms with E-state index >= 15 is 0 Å². The minimum absolute atomic E-state index is 0.00619. The highest BCUT2D eigenvalue weighted by atomic mass is 35.5. The molecule has 0 aliphatic rings. The molecule has 0 aliphatic carbocycles. The maximum Gasteiger partial charge on any atom is 0.337 e. The molecule has 0 aliphatic heterocycles. The van der Waals surface area contributed by atoms with Gasteiger partial charge in [0.2, 0.25) is 5.91 Å². The van der Waals surface area contributed by atoms with Gasteiger partial charge in [-0.05, 0) is 42.3 Å². The molecule has 2 N–H and O–H groups in total. The van der Waals surface area contributed by atoms with Gasteiger partial charge >= 0.3 is 5.97 Å². The van der Waals surface area contributed by atoms with Gasteiger partial charge < -0.3 is 19.9 Å². The third-order valence-corrected chi connectivity index (χ3v) is 6.63. The number of nitrogens with zero attached hydrogens (tertiary/aromatic N) is 3. The van der Waals surface area contributed by atoms with Crippen LogP contribution in [0.3, 0.4) is 0 Å². The predicted octanol–water partition coefficient (Wildman–Crippen LogP) is 4.76. The summed E-state index contributed by atoms with van der Waals surface area (Å²) >= 11 is 7.42. The topological polar surface area (TPSA) is 115 Å². The van der Waals surface area contributed by atoms with Crippen molar-refractivity contribution in [1.29, 1.82) is 0 Å². The molecule has 37 heavy (non-hydrogen) atoms. The molecule has 194 valence electrons. The van der Waals surface area contributed by atoms with Crippen molar-refractivity contribution in [2.75, 3.05) is 18.2 Å². The standard InChI is InChI=1S/C26H28ClN5O4S/c1-5-14-32-23(22(16(2)3)29-24(34)19-8-6-7-9-20(19)27)30-31-26(32)37-15-21(33)28-18-12-10-17(11-13-18)25(35)36-4/h5-13,16,22H,1,14-15H2,2-4H3,(H,28,33)(H,29,34). The van der Waals surface area contributed by atoms with Gasteiger partial charge in [0.05, 0.1) is 35.1 Å². The Labute approximate surface area is 224 Å². The third kappa shape index (κ3) is 7.21. The van der Waals surface area contributed by atoms with E-state index in [0.29, 0.717) is 39.4 Å². The van der Waals surface area contributed by atoms with Gasteiger partial charge in [-0.15, -0.1) is 16.8 Å². The number of ether oxygens (including phenoxy) is 1. The summed E-state index contributed by atoms with van der Waals surface area (Å²) in [6, 6.07) is 12.8. The summed E-state index contributed by atoms with van der Waals surface area (Å²) in [7, 11) is 1.31. The minimum atomic E-state index is -0.451. The van der Waals surface area contributed by atoms with Crippen molar-refractivity contribution >= 4 is 46.8 Å². The number of amides is 2. The fourth-order valence-corrected chi connectivity index (χ4v) is 4.44. The lowest BCUT2D eigenvalue weighted by molar-refractivity contribution is -0.113. The lowest BCUT2D eigenvalue weighted by atomic mass is 10.0. The quantitative estimate of drug-likeness (QED) is 0.204. The second kappa shape index (κ2) is 13.1. The highest BCUT2D eigenvalue weighted by Crippen LogP contribution is 2.26. The number of hydrogen-bond donors (Lipinski definition) is 2. The van der Waals surface area contributed by atoms with Gasteiger partial charge in [0, 0.05) is 12.2 Å². The fraction of sp³-hybridized carbons (Fsp3) is 0.269. The van der Waals surface area contributed by atoms with Gasteiger partial charge in [0.1, 0.15) is 0 Å². The van der Waals surface area contributed by atoms with E-state index in [4.69, 9.17) is 11.6 Å². The second-order valence-electron chi connectivity index (χ2n) is 8.32. The summed E-state index contributed by atoms with van der Waals surface area (Å²) in [5.41, 5.74) is 1.31. The number of methoxy groups -OCH3 is 1. The van der Waals surface area contributed by atoms with Crippen molar-refractivity contribution in [3.8, 4) is 0 Å². The number of aromatic nitrogens is 3. The van der Waals surface area contributed by atoms with Crippen LogP contribution in [0.5, 0.6) is 0 Å². The molecule has 1 unspecified atom stereocenters. The molecular weight excluding hydrogens is 514 g/mol. The Kier molecular flexibility index (Phi) is 9.87. The summed E-state index contributed by atoms with van der Waals surface area (Å²) in [6.07, 6.45) is 1.70. The number of nitrogens with one attached hydrogen (secondary N) is 2. The molecule has 0 saturated heterocycles. The van der Waals surface area contributed by atoms with E-state index in [9.17, 15) is 14.4 Å². The third-order valence-electron chi connectivity index (χ3n) is 5.33. The van der Waals surface area contributed by atoms with Crippen LogP contribution in [-0.4, -0.2) is 45.4 Å². The van der Waals surface area contributed by atoms with Crippen molar-refractivity contribution in [3.05, 3.63) is 83.2 Å². The van der Waals surface area contributed by atoms with Gasteiger partial charge in [-0.3, -0.25) is 9.59 Å². The molecule has 0 bridgehead atoms. The zero-order valence-electron chi connectivity index (χ0n) is 20.7. The van der Waals surface area contributed by atoms with E-state index < -0.39 is 12.0 Å². The number of carbonyl (C=O) groups excluding carboxylic acids is 3. The molecule has 11 heteroatoms. The Morgan fingerprint density at radius 1 is 1.14 bits per heavy atom. The normalized spacial score (nSPS) is 11.6. The molecule has 1 atom stereocenters. The van der Waals surface area contributed by atoms with Gasteiger partial charge in [0.15, 0.2) is 11.0 Å². The molecule has 3 rings (SSSR count). The van der Waals surface area contributed by atoms with E-state index in [2.05, 4.69) is 32.1 Å². The van der Waals surface area contributed by atoms with Crippen LogP contribution in [0.25, 0.3) is 0 Å².